The SMILES string of the molecule is CC1CC[C@@H]2CCCCC2C1.O.O. The predicted molar refractivity (Wildman–Crippen MR) is 55.7 cm³/mol. The highest BCUT2D eigenvalue weighted by Crippen LogP contribution is 2.42. The normalized spacial score (nSPS) is 38.1. The van der Waals surface area contributed by atoms with Gasteiger partial charge in [0.2, 0.25) is 0 Å². The Hall–Kier alpha value is -0.0800. The van der Waals surface area contributed by atoms with Gasteiger partial charge in [0.1, 0.15) is 0 Å². The van der Waals surface area contributed by atoms with Gasteiger partial charge in [0, 0.05) is 0 Å². The molecule has 2 fully saturated rings. The largest absolute Gasteiger partial charge is 0.412 e. The van der Waals surface area contributed by atoms with Crippen molar-refractivity contribution in [2.45, 2.75) is 51.9 Å². The summed E-state index contributed by atoms with van der Waals surface area (Å²) in [5, 5.41) is 0. The number of rotatable bonds is 0. The second-order valence-corrected chi connectivity index (χ2v) is 4.72. The van der Waals surface area contributed by atoms with Gasteiger partial charge >= 0.3 is 0 Å². The van der Waals surface area contributed by atoms with Gasteiger partial charge in [0.25, 0.3) is 0 Å². The molecule has 2 unspecified atom stereocenters. The third-order valence-electron chi connectivity index (χ3n) is 3.80. The summed E-state index contributed by atoms with van der Waals surface area (Å²) in [4.78, 5) is 0. The summed E-state index contributed by atoms with van der Waals surface area (Å²) in [6.45, 7) is 2.44. The highest BCUT2D eigenvalue weighted by molar-refractivity contribution is 4.81. The molecular weight excluding hydrogens is 164 g/mol. The van der Waals surface area contributed by atoms with Crippen LogP contribution in [0, 0.1) is 17.8 Å². The Morgan fingerprint density at radius 1 is 0.769 bits per heavy atom. The molecule has 2 aliphatic rings. The highest BCUT2D eigenvalue weighted by Gasteiger charge is 2.29. The third kappa shape index (κ3) is 2.96. The van der Waals surface area contributed by atoms with Crippen LogP contribution in [0.4, 0.5) is 0 Å². The molecule has 2 saturated carbocycles. The maximum Gasteiger partial charge on any atom is -0.0383 e. The minimum atomic E-state index is 0. The quantitative estimate of drug-likeness (QED) is 0.558. The van der Waals surface area contributed by atoms with Crippen LogP contribution in [0.2, 0.25) is 0 Å². The molecule has 2 aliphatic carbocycles. The average Bonchev–Trinajstić information content (AvgIpc) is 2.04. The first-order valence-corrected chi connectivity index (χ1v) is 5.36. The molecule has 0 heterocycles. The first kappa shape index (κ1) is 12.9. The molecule has 0 radical (unpaired) electrons. The van der Waals surface area contributed by atoms with Crippen molar-refractivity contribution in [3.63, 3.8) is 0 Å². The summed E-state index contributed by atoms with van der Waals surface area (Å²) < 4.78 is 0. The topological polar surface area (TPSA) is 63.0 Å². The van der Waals surface area contributed by atoms with Crippen LogP contribution in [-0.4, -0.2) is 11.0 Å². The Morgan fingerprint density at radius 2 is 1.38 bits per heavy atom. The molecule has 3 atom stereocenters. The van der Waals surface area contributed by atoms with E-state index in [2.05, 4.69) is 6.92 Å². The number of fused-ring (bicyclic) bond motifs is 1. The summed E-state index contributed by atoms with van der Waals surface area (Å²) in [7, 11) is 0. The third-order valence-corrected chi connectivity index (χ3v) is 3.80. The molecule has 13 heavy (non-hydrogen) atoms. The van der Waals surface area contributed by atoms with Gasteiger partial charge in [-0.3, -0.25) is 0 Å². The zero-order valence-corrected chi connectivity index (χ0v) is 8.68. The molecule has 2 heteroatoms. The Kier molecular flexibility index (Phi) is 5.57. The van der Waals surface area contributed by atoms with E-state index in [9.17, 15) is 0 Å². The van der Waals surface area contributed by atoms with Crippen LogP contribution < -0.4 is 0 Å². The van der Waals surface area contributed by atoms with Crippen molar-refractivity contribution < 1.29 is 11.0 Å². The molecule has 0 aliphatic heterocycles. The molecule has 2 nitrogen and oxygen atoms in total. The van der Waals surface area contributed by atoms with Gasteiger partial charge < -0.3 is 11.0 Å². The minimum Gasteiger partial charge on any atom is -0.412 e. The van der Waals surface area contributed by atoms with Crippen molar-refractivity contribution in [3.05, 3.63) is 0 Å². The van der Waals surface area contributed by atoms with Gasteiger partial charge in [-0.2, -0.15) is 0 Å². The van der Waals surface area contributed by atoms with E-state index in [1.807, 2.05) is 0 Å². The summed E-state index contributed by atoms with van der Waals surface area (Å²) in [6, 6.07) is 0. The maximum atomic E-state index is 2.44. The smallest absolute Gasteiger partial charge is 0.0383 e. The van der Waals surface area contributed by atoms with E-state index in [1.54, 1.807) is 25.7 Å². The van der Waals surface area contributed by atoms with Crippen molar-refractivity contribution in [1.82, 2.24) is 0 Å². The second kappa shape index (κ2) is 5.61. The van der Waals surface area contributed by atoms with Crippen LogP contribution in [0.15, 0.2) is 0 Å². The Labute approximate surface area is 81.3 Å². The summed E-state index contributed by atoms with van der Waals surface area (Å²) in [5.41, 5.74) is 0. The monoisotopic (exact) mass is 188 g/mol. The molecular formula is C11H24O2. The van der Waals surface area contributed by atoms with E-state index in [-0.39, 0.29) is 11.0 Å². The van der Waals surface area contributed by atoms with Gasteiger partial charge in [-0.15, -0.1) is 0 Å². The fourth-order valence-corrected chi connectivity index (χ4v) is 3.11. The van der Waals surface area contributed by atoms with Crippen molar-refractivity contribution in [2.24, 2.45) is 17.8 Å². The standard InChI is InChI=1S/C11H20.2H2O/c1-9-6-7-10-4-2-3-5-11(10)8-9;;/h9-11H,2-8H2,1H3;2*1H2/t9?,10-,11?;;/m0../s1. The number of hydrogen-bond donors (Lipinski definition) is 0. The van der Waals surface area contributed by atoms with E-state index in [0.717, 1.165) is 17.8 Å². The molecule has 2 rings (SSSR count). The molecule has 0 aromatic rings. The predicted octanol–water partition coefficient (Wildman–Crippen LogP) is 1.96. The van der Waals surface area contributed by atoms with E-state index in [4.69, 9.17) is 0 Å². The Morgan fingerprint density at radius 3 is 2.08 bits per heavy atom. The Balaban J connectivity index is 0.000000720. The number of hydrogen-bond acceptors (Lipinski definition) is 0. The fourth-order valence-electron chi connectivity index (χ4n) is 3.11. The van der Waals surface area contributed by atoms with Crippen LogP contribution in [0.25, 0.3) is 0 Å². The van der Waals surface area contributed by atoms with E-state index < -0.39 is 0 Å². The molecule has 0 amide bonds. The van der Waals surface area contributed by atoms with Crippen LogP contribution in [0.5, 0.6) is 0 Å². The highest BCUT2D eigenvalue weighted by atomic mass is 16.0. The van der Waals surface area contributed by atoms with Gasteiger partial charge in [-0.05, 0) is 30.6 Å². The second-order valence-electron chi connectivity index (χ2n) is 4.72. The Bertz CT molecular complexity index is 136. The summed E-state index contributed by atoms with van der Waals surface area (Å²) in [6.07, 6.45) is 10.8. The van der Waals surface area contributed by atoms with Crippen molar-refractivity contribution in [1.29, 1.82) is 0 Å². The molecule has 0 saturated heterocycles. The lowest BCUT2D eigenvalue weighted by Gasteiger charge is -2.38. The molecule has 0 aromatic carbocycles. The first-order chi connectivity index (χ1) is 5.36. The summed E-state index contributed by atoms with van der Waals surface area (Å²) >= 11 is 0. The molecule has 0 bridgehead atoms. The van der Waals surface area contributed by atoms with Crippen LogP contribution >= 0.6 is 0 Å². The van der Waals surface area contributed by atoms with Gasteiger partial charge in [0.05, 0.1) is 0 Å². The lowest BCUT2D eigenvalue weighted by molar-refractivity contribution is 0.137. The maximum absolute atomic E-state index is 2.44. The molecule has 4 N–H and O–H groups in total. The zero-order valence-electron chi connectivity index (χ0n) is 8.68. The average molecular weight is 188 g/mol. The van der Waals surface area contributed by atoms with Crippen molar-refractivity contribution >= 4 is 0 Å². The summed E-state index contributed by atoms with van der Waals surface area (Å²) in [5.74, 6) is 3.31. The zero-order chi connectivity index (χ0) is 7.68. The molecule has 0 aromatic heterocycles. The van der Waals surface area contributed by atoms with Crippen LogP contribution in [-0.2, 0) is 0 Å². The van der Waals surface area contributed by atoms with Crippen LogP contribution in [0.1, 0.15) is 51.9 Å². The minimum absolute atomic E-state index is 0. The van der Waals surface area contributed by atoms with Gasteiger partial charge in [-0.25, -0.2) is 0 Å². The van der Waals surface area contributed by atoms with E-state index >= 15 is 0 Å². The molecule has 80 valence electrons. The molecule has 0 spiro atoms. The first-order valence-electron chi connectivity index (χ1n) is 5.36. The lowest BCUT2D eigenvalue weighted by atomic mass is 9.68. The van der Waals surface area contributed by atoms with E-state index in [1.165, 1.54) is 19.3 Å². The van der Waals surface area contributed by atoms with Crippen molar-refractivity contribution in [3.8, 4) is 0 Å². The fraction of sp³-hybridized carbons (Fsp3) is 1.00. The van der Waals surface area contributed by atoms with Crippen LogP contribution in [0.3, 0.4) is 0 Å². The van der Waals surface area contributed by atoms with Gasteiger partial charge in [-0.1, -0.05) is 39.0 Å². The van der Waals surface area contributed by atoms with E-state index in [0.29, 0.717) is 0 Å². The van der Waals surface area contributed by atoms with Crippen molar-refractivity contribution in [2.75, 3.05) is 0 Å². The van der Waals surface area contributed by atoms with Gasteiger partial charge in [0.15, 0.2) is 0 Å². The lowest BCUT2D eigenvalue weighted by Crippen LogP contribution is -2.26.